The number of amides is 1. The van der Waals surface area contributed by atoms with E-state index in [2.05, 4.69) is 17.2 Å². The van der Waals surface area contributed by atoms with E-state index >= 15 is 0 Å². The highest BCUT2D eigenvalue weighted by Crippen LogP contribution is 2.07. The number of nitrogens with one attached hydrogen (secondary N) is 2. The first-order valence-corrected chi connectivity index (χ1v) is 8.95. The van der Waals surface area contributed by atoms with E-state index in [0.29, 0.717) is 23.1 Å². The van der Waals surface area contributed by atoms with Crippen molar-refractivity contribution in [3.05, 3.63) is 39.4 Å². The van der Waals surface area contributed by atoms with E-state index in [1.165, 1.54) is 0 Å². The zero-order chi connectivity index (χ0) is 17.5. The number of benzene rings is 1. The maximum atomic E-state index is 12.5. The third-order valence-electron chi connectivity index (χ3n) is 4.19. The molecular weight excluding hydrogens is 322 g/mol. The Labute approximate surface area is 147 Å². The van der Waals surface area contributed by atoms with E-state index in [-0.39, 0.29) is 17.5 Å². The monoisotopic (exact) mass is 347 g/mol. The van der Waals surface area contributed by atoms with Crippen LogP contribution in [-0.4, -0.2) is 21.5 Å². The smallest absolute Gasteiger partial charge is 0.262 e. The third kappa shape index (κ3) is 4.77. The Morgan fingerprint density at radius 1 is 1.29 bits per heavy atom. The minimum absolute atomic E-state index is 0.0520. The number of unbranched alkanes of at least 4 members (excludes halogenated alkanes) is 2. The van der Waals surface area contributed by atoms with Gasteiger partial charge in [0.15, 0.2) is 4.77 Å². The molecule has 5 nitrogen and oxygen atoms in total. The molecule has 0 aliphatic heterocycles. The molecule has 0 saturated carbocycles. The second-order valence-corrected chi connectivity index (χ2v) is 6.51. The van der Waals surface area contributed by atoms with Gasteiger partial charge in [-0.1, -0.05) is 25.5 Å². The Bertz CT molecular complexity index is 810. The molecule has 2 N–H and O–H groups in total. The number of fused-ring (bicyclic) bond motifs is 1. The van der Waals surface area contributed by atoms with Crippen molar-refractivity contribution in [2.45, 2.75) is 58.5 Å². The molecular formula is C18H25N3O2S. The molecule has 1 heterocycles. The van der Waals surface area contributed by atoms with E-state index in [1.807, 2.05) is 25.1 Å². The lowest BCUT2D eigenvalue weighted by Crippen LogP contribution is -2.31. The van der Waals surface area contributed by atoms with Gasteiger partial charge in [-0.3, -0.25) is 14.2 Å². The molecule has 0 saturated heterocycles. The van der Waals surface area contributed by atoms with Gasteiger partial charge in [0.2, 0.25) is 5.91 Å². The third-order valence-corrected chi connectivity index (χ3v) is 4.52. The molecule has 0 aliphatic carbocycles. The van der Waals surface area contributed by atoms with E-state index in [0.717, 1.165) is 31.2 Å². The van der Waals surface area contributed by atoms with Crippen molar-refractivity contribution in [3.8, 4) is 0 Å². The number of H-pyrrole nitrogens is 1. The van der Waals surface area contributed by atoms with Crippen LogP contribution in [0.4, 0.5) is 0 Å². The van der Waals surface area contributed by atoms with Crippen molar-refractivity contribution in [1.29, 1.82) is 0 Å². The van der Waals surface area contributed by atoms with Crippen molar-refractivity contribution in [3.63, 3.8) is 0 Å². The molecule has 1 aromatic heterocycles. The first-order valence-electron chi connectivity index (χ1n) is 8.54. The summed E-state index contributed by atoms with van der Waals surface area (Å²) in [5.74, 6) is 0.101. The fraction of sp³-hybridized carbons (Fsp3) is 0.500. The molecule has 130 valence electrons. The minimum atomic E-state index is -0.0520. The number of aromatic nitrogens is 2. The van der Waals surface area contributed by atoms with Crippen LogP contribution >= 0.6 is 12.2 Å². The Balaban J connectivity index is 1.87. The van der Waals surface area contributed by atoms with Gasteiger partial charge in [-0.15, -0.1) is 0 Å². The predicted molar refractivity (Wildman–Crippen MR) is 99.8 cm³/mol. The number of aromatic amines is 1. The van der Waals surface area contributed by atoms with Gasteiger partial charge >= 0.3 is 0 Å². The van der Waals surface area contributed by atoms with Crippen LogP contribution in [0.15, 0.2) is 29.1 Å². The number of hydrogen-bond donors (Lipinski definition) is 2. The van der Waals surface area contributed by atoms with Crippen molar-refractivity contribution >= 4 is 29.0 Å². The van der Waals surface area contributed by atoms with Crippen LogP contribution in [-0.2, 0) is 11.3 Å². The molecule has 2 rings (SSSR count). The van der Waals surface area contributed by atoms with Crippen molar-refractivity contribution in [2.75, 3.05) is 0 Å². The highest BCUT2D eigenvalue weighted by molar-refractivity contribution is 7.71. The van der Waals surface area contributed by atoms with Gasteiger partial charge < -0.3 is 10.3 Å². The maximum Gasteiger partial charge on any atom is 0.262 e. The molecule has 0 spiro atoms. The molecule has 2 aromatic rings. The second-order valence-electron chi connectivity index (χ2n) is 6.12. The van der Waals surface area contributed by atoms with E-state index in [4.69, 9.17) is 12.2 Å². The van der Waals surface area contributed by atoms with Gasteiger partial charge in [0.1, 0.15) is 0 Å². The van der Waals surface area contributed by atoms with Crippen molar-refractivity contribution in [1.82, 2.24) is 14.9 Å². The summed E-state index contributed by atoms with van der Waals surface area (Å²) >= 11 is 5.29. The number of carbonyl (C=O) groups excluding carboxylic acids is 1. The number of rotatable bonds is 8. The normalized spacial score (nSPS) is 12.2. The van der Waals surface area contributed by atoms with E-state index in [9.17, 15) is 9.59 Å². The lowest BCUT2D eigenvalue weighted by molar-refractivity contribution is -0.121. The summed E-state index contributed by atoms with van der Waals surface area (Å²) in [5.41, 5.74) is 0.717. The molecule has 1 unspecified atom stereocenters. The average molecular weight is 347 g/mol. The van der Waals surface area contributed by atoms with Crippen LogP contribution in [0.5, 0.6) is 0 Å². The Hall–Kier alpha value is -1.95. The highest BCUT2D eigenvalue weighted by atomic mass is 32.1. The first-order chi connectivity index (χ1) is 11.5. The van der Waals surface area contributed by atoms with E-state index in [1.54, 1.807) is 10.6 Å². The quantitative estimate of drug-likeness (QED) is 0.567. The lowest BCUT2D eigenvalue weighted by Gasteiger charge is -2.11. The zero-order valence-electron chi connectivity index (χ0n) is 14.3. The standard InChI is InChI=1S/C18H25N3O2S/c1-3-13(2)19-16(22)11-5-4-8-12-21-17(23)14-9-6-7-10-15(14)20-18(21)24/h6-7,9-10,13H,3-5,8,11-12H2,1-2H3,(H,19,22)(H,20,24). The van der Waals surface area contributed by atoms with Crippen LogP contribution in [0.2, 0.25) is 0 Å². The molecule has 0 aliphatic rings. The van der Waals surface area contributed by atoms with Gasteiger partial charge in [-0.05, 0) is 50.5 Å². The number of nitrogens with zero attached hydrogens (tertiary/aromatic N) is 1. The summed E-state index contributed by atoms with van der Waals surface area (Å²) < 4.78 is 2.06. The van der Waals surface area contributed by atoms with Crippen molar-refractivity contribution in [2.24, 2.45) is 0 Å². The molecule has 0 radical (unpaired) electrons. The summed E-state index contributed by atoms with van der Waals surface area (Å²) in [4.78, 5) is 27.3. The molecule has 0 fully saturated rings. The largest absolute Gasteiger partial charge is 0.354 e. The highest BCUT2D eigenvalue weighted by Gasteiger charge is 2.06. The second kappa shape index (κ2) is 8.78. The summed E-state index contributed by atoms with van der Waals surface area (Å²) in [6, 6.07) is 7.61. The molecule has 24 heavy (non-hydrogen) atoms. The summed E-state index contributed by atoms with van der Waals surface area (Å²) in [5, 5.41) is 3.61. The SMILES string of the molecule is CCC(C)NC(=O)CCCCCn1c(=S)[nH]c2ccccc2c1=O. The van der Waals surface area contributed by atoms with Crippen LogP contribution in [0.1, 0.15) is 46.0 Å². The minimum Gasteiger partial charge on any atom is -0.354 e. The van der Waals surface area contributed by atoms with Gasteiger partial charge in [-0.25, -0.2) is 0 Å². The Morgan fingerprint density at radius 3 is 2.79 bits per heavy atom. The summed E-state index contributed by atoms with van der Waals surface area (Å²) in [6.45, 7) is 4.63. The Kier molecular flexibility index (Phi) is 6.73. The van der Waals surface area contributed by atoms with Crippen molar-refractivity contribution < 1.29 is 4.79 Å². The fourth-order valence-electron chi connectivity index (χ4n) is 2.58. The molecule has 6 heteroatoms. The first kappa shape index (κ1) is 18.4. The predicted octanol–water partition coefficient (Wildman–Crippen LogP) is 3.53. The topological polar surface area (TPSA) is 66.9 Å². The number of para-hydroxylation sites is 1. The van der Waals surface area contributed by atoms with Crippen LogP contribution in [0, 0.1) is 4.77 Å². The van der Waals surface area contributed by atoms with Gasteiger partial charge in [-0.2, -0.15) is 0 Å². The van der Waals surface area contributed by atoms with Gasteiger partial charge in [0.05, 0.1) is 10.9 Å². The average Bonchev–Trinajstić information content (AvgIpc) is 2.57. The van der Waals surface area contributed by atoms with Gasteiger partial charge in [0, 0.05) is 19.0 Å². The zero-order valence-corrected chi connectivity index (χ0v) is 15.1. The fourth-order valence-corrected chi connectivity index (χ4v) is 2.87. The molecule has 1 amide bonds. The molecule has 1 atom stereocenters. The van der Waals surface area contributed by atoms with E-state index < -0.39 is 0 Å². The molecule has 1 aromatic carbocycles. The summed E-state index contributed by atoms with van der Waals surface area (Å²) in [7, 11) is 0. The van der Waals surface area contributed by atoms with Crippen LogP contribution < -0.4 is 10.9 Å². The van der Waals surface area contributed by atoms with Crippen LogP contribution in [0.25, 0.3) is 10.9 Å². The van der Waals surface area contributed by atoms with Gasteiger partial charge in [0.25, 0.3) is 5.56 Å². The Morgan fingerprint density at radius 2 is 2.04 bits per heavy atom. The maximum absolute atomic E-state index is 12.5. The number of hydrogen-bond acceptors (Lipinski definition) is 3. The molecule has 0 bridgehead atoms. The van der Waals surface area contributed by atoms with Crippen LogP contribution in [0.3, 0.4) is 0 Å². The lowest BCUT2D eigenvalue weighted by atomic mass is 10.1. The number of carbonyl (C=O) groups is 1. The summed E-state index contributed by atoms with van der Waals surface area (Å²) in [6.07, 6.45) is 4.01.